The maximum atomic E-state index is 4.26. The van der Waals surface area contributed by atoms with Crippen LogP contribution in [0.15, 0.2) is 12.4 Å². The number of hydrogen-bond donors (Lipinski definition) is 2. The van der Waals surface area contributed by atoms with Crippen LogP contribution in [0.5, 0.6) is 0 Å². The normalized spacial score (nSPS) is 18.2. The zero-order valence-electron chi connectivity index (χ0n) is 9.37. The summed E-state index contributed by atoms with van der Waals surface area (Å²) in [6, 6.07) is 0.697. The second-order valence-electron chi connectivity index (χ2n) is 4.26. The Morgan fingerprint density at radius 3 is 3.00 bits per heavy atom. The summed E-state index contributed by atoms with van der Waals surface area (Å²) in [6.45, 7) is 6.37. The first-order valence-electron chi connectivity index (χ1n) is 5.78. The molecule has 0 aliphatic carbocycles. The molecule has 2 N–H and O–H groups in total. The summed E-state index contributed by atoms with van der Waals surface area (Å²) < 4.78 is 2.00. The number of aryl methyl sites for hydroxylation is 1. The predicted octanol–water partition coefficient (Wildman–Crippen LogP) is 0.533. The average molecular weight is 208 g/mol. The lowest BCUT2D eigenvalue weighted by molar-refractivity contribution is 0.377. The first kappa shape index (κ1) is 10.6. The van der Waals surface area contributed by atoms with Gasteiger partial charge in [0.25, 0.3) is 0 Å². The van der Waals surface area contributed by atoms with Gasteiger partial charge in [-0.15, -0.1) is 0 Å². The Kier molecular flexibility index (Phi) is 3.75. The van der Waals surface area contributed by atoms with Gasteiger partial charge in [0.05, 0.1) is 12.7 Å². The minimum absolute atomic E-state index is 0.697. The van der Waals surface area contributed by atoms with Crippen LogP contribution in [0.25, 0.3) is 0 Å². The Labute approximate surface area is 91.1 Å². The molecular formula is C11H20N4. The number of aromatic nitrogens is 2. The van der Waals surface area contributed by atoms with Crippen molar-refractivity contribution in [1.82, 2.24) is 20.4 Å². The molecule has 84 valence electrons. The van der Waals surface area contributed by atoms with E-state index in [-0.39, 0.29) is 0 Å². The third-order valence-electron chi connectivity index (χ3n) is 2.88. The average Bonchev–Trinajstić information content (AvgIpc) is 2.66. The summed E-state index contributed by atoms with van der Waals surface area (Å²) in [4.78, 5) is 0. The van der Waals surface area contributed by atoms with E-state index in [9.17, 15) is 0 Å². The van der Waals surface area contributed by atoms with E-state index in [4.69, 9.17) is 0 Å². The van der Waals surface area contributed by atoms with Crippen molar-refractivity contribution in [2.75, 3.05) is 19.6 Å². The van der Waals surface area contributed by atoms with E-state index in [1.54, 1.807) is 0 Å². The van der Waals surface area contributed by atoms with E-state index in [1.165, 1.54) is 18.4 Å². The molecule has 1 saturated heterocycles. The van der Waals surface area contributed by atoms with Crippen LogP contribution in [0, 0.1) is 6.92 Å². The summed E-state index contributed by atoms with van der Waals surface area (Å²) >= 11 is 0. The lowest BCUT2D eigenvalue weighted by Crippen LogP contribution is -2.41. The minimum atomic E-state index is 0.697. The van der Waals surface area contributed by atoms with Crippen LogP contribution in [-0.4, -0.2) is 35.5 Å². The van der Waals surface area contributed by atoms with Gasteiger partial charge in [-0.2, -0.15) is 5.10 Å². The topological polar surface area (TPSA) is 41.9 Å². The number of piperidine rings is 1. The summed E-state index contributed by atoms with van der Waals surface area (Å²) in [5, 5.41) is 11.2. The van der Waals surface area contributed by atoms with E-state index in [2.05, 4.69) is 28.9 Å². The fourth-order valence-electron chi connectivity index (χ4n) is 2.00. The molecule has 1 aromatic heterocycles. The third-order valence-corrected chi connectivity index (χ3v) is 2.88. The highest BCUT2D eigenvalue weighted by Gasteiger charge is 2.11. The maximum Gasteiger partial charge on any atom is 0.0534 e. The Hall–Kier alpha value is -0.870. The lowest BCUT2D eigenvalue weighted by atomic mass is 10.1. The third kappa shape index (κ3) is 3.32. The van der Waals surface area contributed by atoms with Crippen molar-refractivity contribution in [1.29, 1.82) is 0 Å². The highest BCUT2D eigenvalue weighted by molar-refractivity contribution is 4.99. The largest absolute Gasteiger partial charge is 0.317 e. The zero-order valence-corrected chi connectivity index (χ0v) is 9.37. The second-order valence-corrected chi connectivity index (χ2v) is 4.26. The van der Waals surface area contributed by atoms with Crippen molar-refractivity contribution in [3.05, 3.63) is 18.0 Å². The quantitative estimate of drug-likeness (QED) is 0.758. The Morgan fingerprint density at radius 2 is 2.33 bits per heavy atom. The summed E-state index contributed by atoms with van der Waals surface area (Å²) in [5.74, 6) is 0. The van der Waals surface area contributed by atoms with Gasteiger partial charge in [-0.3, -0.25) is 4.68 Å². The van der Waals surface area contributed by atoms with Crippen LogP contribution in [0.2, 0.25) is 0 Å². The molecule has 1 fully saturated rings. The zero-order chi connectivity index (χ0) is 10.5. The van der Waals surface area contributed by atoms with Crippen LogP contribution >= 0.6 is 0 Å². The summed E-state index contributed by atoms with van der Waals surface area (Å²) in [5.41, 5.74) is 1.23. The molecule has 0 spiro atoms. The van der Waals surface area contributed by atoms with Gasteiger partial charge in [-0.05, 0) is 38.4 Å². The lowest BCUT2D eigenvalue weighted by Gasteiger charge is -2.23. The van der Waals surface area contributed by atoms with Crippen LogP contribution in [0.4, 0.5) is 0 Å². The second kappa shape index (κ2) is 5.28. The SMILES string of the molecule is Cc1cnn(CCNC2CCNCC2)c1. The van der Waals surface area contributed by atoms with Crippen LogP contribution in [-0.2, 0) is 6.54 Å². The highest BCUT2D eigenvalue weighted by atomic mass is 15.3. The number of nitrogens with zero attached hydrogens (tertiary/aromatic N) is 2. The Morgan fingerprint density at radius 1 is 1.53 bits per heavy atom. The molecule has 2 heterocycles. The van der Waals surface area contributed by atoms with Crippen molar-refractivity contribution < 1.29 is 0 Å². The first-order valence-corrected chi connectivity index (χ1v) is 5.78. The van der Waals surface area contributed by atoms with E-state index < -0.39 is 0 Å². The van der Waals surface area contributed by atoms with Crippen molar-refractivity contribution >= 4 is 0 Å². The number of hydrogen-bond acceptors (Lipinski definition) is 3. The van der Waals surface area contributed by atoms with Gasteiger partial charge in [0.1, 0.15) is 0 Å². The molecule has 4 heteroatoms. The molecule has 2 rings (SSSR count). The first-order chi connectivity index (χ1) is 7.34. The van der Waals surface area contributed by atoms with E-state index in [1.807, 2.05) is 10.9 Å². The minimum Gasteiger partial charge on any atom is -0.317 e. The fourth-order valence-corrected chi connectivity index (χ4v) is 2.00. The molecule has 0 saturated carbocycles. The molecule has 0 aromatic carbocycles. The Balaban J connectivity index is 1.65. The van der Waals surface area contributed by atoms with E-state index in [0.29, 0.717) is 6.04 Å². The maximum absolute atomic E-state index is 4.26. The van der Waals surface area contributed by atoms with E-state index >= 15 is 0 Å². The summed E-state index contributed by atoms with van der Waals surface area (Å²) in [7, 11) is 0. The molecule has 15 heavy (non-hydrogen) atoms. The van der Waals surface area contributed by atoms with E-state index in [0.717, 1.165) is 26.2 Å². The Bertz CT molecular complexity index is 289. The highest BCUT2D eigenvalue weighted by Crippen LogP contribution is 2.01. The molecule has 0 amide bonds. The van der Waals surface area contributed by atoms with Gasteiger partial charge < -0.3 is 10.6 Å². The van der Waals surface area contributed by atoms with Crippen LogP contribution in [0.3, 0.4) is 0 Å². The van der Waals surface area contributed by atoms with Crippen molar-refractivity contribution in [3.8, 4) is 0 Å². The van der Waals surface area contributed by atoms with Gasteiger partial charge in [-0.1, -0.05) is 0 Å². The molecule has 0 bridgehead atoms. The monoisotopic (exact) mass is 208 g/mol. The van der Waals surface area contributed by atoms with Crippen LogP contribution < -0.4 is 10.6 Å². The number of nitrogens with one attached hydrogen (secondary N) is 2. The van der Waals surface area contributed by atoms with Crippen molar-refractivity contribution in [2.24, 2.45) is 0 Å². The molecule has 4 nitrogen and oxygen atoms in total. The number of rotatable bonds is 4. The standard InChI is InChI=1S/C11H20N4/c1-10-8-14-15(9-10)7-6-13-11-2-4-12-5-3-11/h8-9,11-13H,2-7H2,1H3. The smallest absolute Gasteiger partial charge is 0.0534 e. The molecule has 0 unspecified atom stereocenters. The molecular weight excluding hydrogens is 188 g/mol. The van der Waals surface area contributed by atoms with Gasteiger partial charge in [0, 0.05) is 18.8 Å². The van der Waals surface area contributed by atoms with Crippen molar-refractivity contribution in [3.63, 3.8) is 0 Å². The van der Waals surface area contributed by atoms with Gasteiger partial charge in [0.15, 0.2) is 0 Å². The fraction of sp³-hybridized carbons (Fsp3) is 0.727. The molecule has 1 aromatic rings. The van der Waals surface area contributed by atoms with Gasteiger partial charge in [-0.25, -0.2) is 0 Å². The molecule has 0 atom stereocenters. The molecule has 0 radical (unpaired) electrons. The van der Waals surface area contributed by atoms with Crippen molar-refractivity contribution in [2.45, 2.75) is 32.4 Å². The van der Waals surface area contributed by atoms with Gasteiger partial charge in [0.2, 0.25) is 0 Å². The van der Waals surface area contributed by atoms with Gasteiger partial charge >= 0.3 is 0 Å². The predicted molar refractivity (Wildman–Crippen MR) is 60.9 cm³/mol. The molecule has 1 aliphatic heterocycles. The molecule has 1 aliphatic rings. The van der Waals surface area contributed by atoms with Crippen LogP contribution in [0.1, 0.15) is 18.4 Å². The summed E-state index contributed by atoms with van der Waals surface area (Å²) in [6.07, 6.45) is 6.49.